The van der Waals surface area contributed by atoms with Crippen molar-refractivity contribution in [3.63, 3.8) is 0 Å². The van der Waals surface area contributed by atoms with Crippen LogP contribution in [-0.4, -0.2) is 34.0 Å². The Balaban J connectivity index is 1.70. The summed E-state index contributed by atoms with van der Waals surface area (Å²) in [6, 6.07) is 4.07. The fourth-order valence-corrected chi connectivity index (χ4v) is 3.36. The molecule has 5 heteroatoms. The van der Waals surface area contributed by atoms with Gasteiger partial charge in [0.15, 0.2) is 0 Å². The molecule has 0 aliphatic carbocycles. The van der Waals surface area contributed by atoms with Crippen LogP contribution in [0.1, 0.15) is 47.1 Å². The van der Waals surface area contributed by atoms with Crippen LogP contribution in [0.4, 0.5) is 0 Å². The summed E-state index contributed by atoms with van der Waals surface area (Å²) in [5.74, 6) is 1.18. The second-order valence-corrected chi connectivity index (χ2v) is 6.24. The van der Waals surface area contributed by atoms with Crippen LogP contribution in [0, 0.1) is 12.8 Å². The summed E-state index contributed by atoms with van der Waals surface area (Å²) in [6.07, 6.45) is 7.60. The van der Waals surface area contributed by atoms with Crippen LogP contribution in [0.5, 0.6) is 0 Å². The minimum atomic E-state index is 0.0662. The second-order valence-electron chi connectivity index (χ2n) is 6.24. The molecule has 1 aliphatic rings. The Kier molecular flexibility index (Phi) is 4.74. The second kappa shape index (κ2) is 6.94. The summed E-state index contributed by atoms with van der Waals surface area (Å²) < 4.78 is 5.22. The third kappa shape index (κ3) is 3.44. The van der Waals surface area contributed by atoms with Gasteiger partial charge >= 0.3 is 0 Å². The summed E-state index contributed by atoms with van der Waals surface area (Å²) in [6.45, 7) is 5.42. The maximum atomic E-state index is 12.9. The average Bonchev–Trinajstić information content (AvgIpc) is 2.96. The molecule has 1 atom stereocenters. The highest BCUT2D eigenvalue weighted by molar-refractivity contribution is 5.96. The van der Waals surface area contributed by atoms with E-state index in [0.29, 0.717) is 23.7 Å². The van der Waals surface area contributed by atoms with Gasteiger partial charge in [-0.2, -0.15) is 0 Å². The number of nitrogens with zero attached hydrogens (tertiary/aromatic N) is 3. The number of rotatable bonds is 4. The Hall–Kier alpha value is -2.17. The molecular weight excluding hydrogens is 290 g/mol. The number of aromatic nitrogens is 2. The SMILES string of the molecule is CCc1noc(C)c1C(=O)N1CCC[C@H](Cc2cccnc2)C1. The molecule has 0 radical (unpaired) electrons. The van der Waals surface area contributed by atoms with Gasteiger partial charge in [0.05, 0.1) is 5.69 Å². The summed E-state index contributed by atoms with van der Waals surface area (Å²) in [4.78, 5) is 19.0. The number of hydrogen-bond acceptors (Lipinski definition) is 4. The Morgan fingerprint density at radius 1 is 1.48 bits per heavy atom. The van der Waals surface area contributed by atoms with Gasteiger partial charge in [0, 0.05) is 25.5 Å². The monoisotopic (exact) mass is 313 g/mol. The Morgan fingerprint density at radius 3 is 3.09 bits per heavy atom. The minimum Gasteiger partial charge on any atom is -0.361 e. The van der Waals surface area contributed by atoms with E-state index in [2.05, 4.69) is 16.2 Å². The molecule has 0 spiro atoms. The molecule has 0 saturated carbocycles. The lowest BCUT2D eigenvalue weighted by Crippen LogP contribution is -2.41. The lowest BCUT2D eigenvalue weighted by Gasteiger charge is -2.33. The van der Waals surface area contributed by atoms with Crippen molar-refractivity contribution in [1.29, 1.82) is 0 Å². The van der Waals surface area contributed by atoms with Crippen LogP contribution in [0.25, 0.3) is 0 Å². The molecule has 0 bridgehead atoms. The van der Waals surface area contributed by atoms with Gasteiger partial charge in [-0.25, -0.2) is 0 Å². The molecular formula is C18H23N3O2. The molecule has 1 saturated heterocycles. The molecule has 5 nitrogen and oxygen atoms in total. The molecule has 1 aliphatic heterocycles. The zero-order valence-corrected chi connectivity index (χ0v) is 13.8. The van der Waals surface area contributed by atoms with Crippen molar-refractivity contribution in [3.8, 4) is 0 Å². The standard InChI is InChI=1S/C18H23N3O2/c1-3-16-17(13(2)23-20-16)18(22)21-9-5-7-15(12-21)10-14-6-4-8-19-11-14/h4,6,8,11,15H,3,5,7,9-10,12H2,1-2H3/t15-/m1/s1. The molecule has 0 unspecified atom stereocenters. The normalized spacial score (nSPS) is 18.2. The molecule has 1 amide bonds. The van der Waals surface area contributed by atoms with E-state index in [1.807, 2.05) is 31.0 Å². The van der Waals surface area contributed by atoms with Crippen molar-refractivity contribution in [2.75, 3.05) is 13.1 Å². The molecule has 2 aromatic rings. The molecule has 0 aromatic carbocycles. The average molecular weight is 313 g/mol. The molecule has 3 rings (SSSR count). The van der Waals surface area contributed by atoms with Gasteiger partial charge in [0.1, 0.15) is 11.3 Å². The Labute approximate surface area is 136 Å². The first-order valence-electron chi connectivity index (χ1n) is 8.32. The smallest absolute Gasteiger partial charge is 0.259 e. The van der Waals surface area contributed by atoms with Crippen LogP contribution >= 0.6 is 0 Å². The van der Waals surface area contributed by atoms with E-state index in [1.165, 1.54) is 5.56 Å². The van der Waals surface area contributed by atoms with Crippen molar-refractivity contribution in [1.82, 2.24) is 15.0 Å². The number of carbonyl (C=O) groups excluding carboxylic acids is 1. The third-order valence-electron chi connectivity index (χ3n) is 4.54. The molecule has 1 fully saturated rings. The summed E-state index contributed by atoms with van der Waals surface area (Å²) in [5, 5.41) is 4.01. The van der Waals surface area contributed by atoms with E-state index in [-0.39, 0.29) is 5.91 Å². The van der Waals surface area contributed by atoms with E-state index >= 15 is 0 Å². The first kappa shape index (κ1) is 15.7. The van der Waals surface area contributed by atoms with Crippen molar-refractivity contribution in [2.24, 2.45) is 5.92 Å². The lowest BCUT2D eigenvalue weighted by atomic mass is 9.91. The zero-order chi connectivity index (χ0) is 16.2. The third-order valence-corrected chi connectivity index (χ3v) is 4.54. The van der Waals surface area contributed by atoms with Crippen LogP contribution in [0.2, 0.25) is 0 Å². The molecule has 3 heterocycles. The maximum Gasteiger partial charge on any atom is 0.259 e. The minimum absolute atomic E-state index is 0.0662. The van der Waals surface area contributed by atoms with Crippen LogP contribution in [0.15, 0.2) is 29.0 Å². The highest BCUT2D eigenvalue weighted by Crippen LogP contribution is 2.24. The van der Waals surface area contributed by atoms with Crippen LogP contribution in [-0.2, 0) is 12.8 Å². The molecule has 0 N–H and O–H groups in total. The number of amides is 1. The van der Waals surface area contributed by atoms with E-state index < -0.39 is 0 Å². The van der Waals surface area contributed by atoms with Crippen molar-refractivity contribution < 1.29 is 9.32 Å². The van der Waals surface area contributed by atoms with Gasteiger partial charge in [-0.05, 0) is 50.2 Å². The zero-order valence-electron chi connectivity index (χ0n) is 13.8. The Bertz CT molecular complexity index is 666. The molecule has 2 aromatic heterocycles. The number of likely N-dealkylation sites (tertiary alicyclic amines) is 1. The van der Waals surface area contributed by atoms with Crippen LogP contribution < -0.4 is 0 Å². The van der Waals surface area contributed by atoms with Crippen molar-refractivity contribution >= 4 is 5.91 Å². The fourth-order valence-electron chi connectivity index (χ4n) is 3.36. The van der Waals surface area contributed by atoms with Gasteiger partial charge in [-0.3, -0.25) is 9.78 Å². The van der Waals surface area contributed by atoms with Crippen molar-refractivity contribution in [2.45, 2.75) is 39.5 Å². The first-order chi connectivity index (χ1) is 11.2. The lowest BCUT2D eigenvalue weighted by molar-refractivity contribution is 0.0670. The van der Waals surface area contributed by atoms with Gasteiger partial charge in [0.2, 0.25) is 0 Å². The predicted molar refractivity (Wildman–Crippen MR) is 87.2 cm³/mol. The van der Waals surface area contributed by atoms with E-state index in [0.717, 1.165) is 38.0 Å². The summed E-state index contributed by atoms with van der Waals surface area (Å²) in [7, 11) is 0. The van der Waals surface area contributed by atoms with E-state index in [4.69, 9.17) is 4.52 Å². The quantitative estimate of drug-likeness (QED) is 0.870. The maximum absolute atomic E-state index is 12.9. The highest BCUT2D eigenvalue weighted by atomic mass is 16.5. The predicted octanol–water partition coefficient (Wildman–Crippen LogP) is 3.04. The summed E-state index contributed by atoms with van der Waals surface area (Å²) in [5.41, 5.74) is 2.67. The van der Waals surface area contributed by atoms with Gasteiger partial charge < -0.3 is 9.42 Å². The fraction of sp³-hybridized carbons (Fsp3) is 0.500. The number of carbonyl (C=O) groups is 1. The highest BCUT2D eigenvalue weighted by Gasteiger charge is 2.28. The number of pyridine rings is 1. The van der Waals surface area contributed by atoms with Gasteiger partial charge in [-0.1, -0.05) is 18.1 Å². The number of hydrogen-bond donors (Lipinski definition) is 0. The van der Waals surface area contributed by atoms with E-state index in [9.17, 15) is 4.79 Å². The van der Waals surface area contributed by atoms with Crippen molar-refractivity contribution in [3.05, 3.63) is 47.1 Å². The molecule has 122 valence electrons. The first-order valence-corrected chi connectivity index (χ1v) is 8.32. The van der Waals surface area contributed by atoms with Gasteiger partial charge in [0.25, 0.3) is 5.91 Å². The topological polar surface area (TPSA) is 59.2 Å². The van der Waals surface area contributed by atoms with E-state index in [1.54, 1.807) is 6.20 Å². The number of aryl methyl sites for hydroxylation is 2. The Morgan fingerprint density at radius 2 is 2.35 bits per heavy atom. The largest absolute Gasteiger partial charge is 0.361 e. The molecule has 23 heavy (non-hydrogen) atoms. The van der Waals surface area contributed by atoms with Gasteiger partial charge in [-0.15, -0.1) is 0 Å². The summed E-state index contributed by atoms with van der Waals surface area (Å²) >= 11 is 0. The number of piperidine rings is 1. The van der Waals surface area contributed by atoms with Crippen LogP contribution in [0.3, 0.4) is 0 Å².